The molecule has 0 aliphatic rings. The number of nitrogens with one attached hydrogen (secondary N) is 2. The van der Waals surface area contributed by atoms with E-state index in [0.29, 0.717) is 21.9 Å². The summed E-state index contributed by atoms with van der Waals surface area (Å²) in [5, 5.41) is 21.0. The van der Waals surface area contributed by atoms with E-state index in [-0.39, 0.29) is 12.5 Å². The van der Waals surface area contributed by atoms with Gasteiger partial charge in [-0.25, -0.2) is 4.98 Å². The van der Waals surface area contributed by atoms with Crippen LogP contribution in [0.15, 0.2) is 54.9 Å². The second kappa shape index (κ2) is 7.98. The Balaban J connectivity index is 1.65. The molecule has 0 saturated carbocycles. The fourth-order valence-electron chi connectivity index (χ4n) is 3.14. The summed E-state index contributed by atoms with van der Waals surface area (Å²) in [5.41, 5.74) is 4.12. The van der Waals surface area contributed by atoms with Crippen LogP contribution < -0.4 is 5.32 Å². The standard InChI is InChI=1S/C21H18ClN5O2/c1-12-7-14(5-6-23-12)19-17-9-15(10-24-20(17)27-26-19)21(29)25-18(11-28)13-3-2-4-16(22)8-13/h2-10,18,28H,11H2,1H3,(H,25,29)(H,24,26,27)/t18-/m0/s1. The smallest absolute Gasteiger partial charge is 0.253 e. The fraction of sp³-hybridized carbons (Fsp3) is 0.143. The van der Waals surface area contributed by atoms with Gasteiger partial charge in [0.05, 0.1) is 18.2 Å². The zero-order valence-corrected chi connectivity index (χ0v) is 16.3. The number of carbonyl (C=O) groups excluding carboxylic acids is 1. The first-order chi connectivity index (χ1) is 14.0. The summed E-state index contributed by atoms with van der Waals surface area (Å²) in [4.78, 5) is 21.3. The minimum atomic E-state index is -0.580. The molecular formula is C21H18ClN5O2. The molecule has 4 aromatic rings. The van der Waals surface area contributed by atoms with Crippen molar-refractivity contribution in [1.29, 1.82) is 0 Å². The predicted molar refractivity (Wildman–Crippen MR) is 111 cm³/mol. The van der Waals surface area contributed by atoms with Crippen LogP contribution >= 0.6 is 11.6 Å². The molecule has 4 rings (SSSR count). The molecule has 0 radical (unpaired) electrons. The number of fused-ring (bicyclic) bond motifs is 1. The van der Waals surface area contributed by atoms with Crippen molar-refractivity contribution in [3.05, 3.63) is 76.7 Å². The number of aromatic amines is 1. The van der Waals surface area contributed by atoms with Crippen molar-refractivity contribution in [2.75, 3.05) is 6.61 Å². The minimum Gasteiger partial charge on any atom is -0.394 e. The van der Waals surface area contributed by atoms with E-state index in [0.717, 1.165) is 22.2 Å². The number of benzene rings is 1. The Kier molecular flexibility index (Phi) is 5.24. The molecule has 3 N–H and O–H groups in total. The lowest BCUT2D eigenvalue weighted by Gasteiger charge is -2.17. The number of aliphatic hydroxyl groups excluding tert-OH is 1. The maximum atomic E-state index is 12.8. The number of hydrogen-bond acceptors (Lipinski definition) is 5. The summed E-state index contributed by atoms with van der Waals surface area (Å²) < 4.78 is 0. The van der Waals surface area contributed by atoms with E-state index in [1.54, 1.807) is 36.5 Å². The van der Waals surface area contributed by atoms with Gasteiger partial charge in [-0.1, -0.05) is 23.7 Å². The van der Waals surface area contributed by atoms with Gasteiger partial charge in [0.15, 0.2) is 5.65 Å². The zero-order chi connectivity index (χ0) is 20.4. The monoisotopic (exact) mass is 407 g/mol. The third-order valence-corrected chi connectivity index (χ3v) is 4.82. The third kappa shape index (κ3) is 3.96. The maximum absolute atomic E-state index is 12.8. The molecule has 146 valence electrons. The molecule has 3 aromatic heterocycles. The third-order valence-electron chi connectivity index (χ3n) is 4.59. The van der Waals surface area contributed by atoms with E-state index in [1.165, 1.54) is 6.20 Å². The van der Waals surface area contributed by atoms with Gasteiger partial charge in [0, 0.05) is 34.1 Å². The van der Waals surface area contributed by atoms with Gasteiger partial charge in [-0.15, -0.1) is 0 Å². The number of aliphatic hydroxyl groups is 1. The summed E-state index contributed by atoms with van der Waals surface area (Å²) in [6.07, 6.45) is 3.19. The van der Waals surface area contributed by atoms with Crippen LogP contribution in [0.3, 0.4) is 0 Å². The Labute approximate surface area is 171 Å². The van der Waals surface area contributed by atoms with Crippen LogP contribution in [0.1, 0.15) is 27.7 Å². The molecule has 8 heteroatoms. The van der Waals surface area contributed by atoms with Crippen molar-refractivity contribution < 1.29 is 9.90 Å². The number of rotatable bonds is 5. The molecule has 0 unspecified atom stereocenters. The fourth-order valence-corrected chi connectivity index (χ4v) is 3.34. The van der Waals surface area contributed by atoms with E-state index in [4.69, 9.17) is 11.6 Å². The summed E-state index contributed by atoms with van der Waals surface area (Å²) >= 11 is 6.02. The molecule has 1 atom stereocenters. The van der Waals surface area contributed by atoms with E-state index < -0.39 is 6.04 Å². The van der Waals surface area contributed by atoms with Crippen LogP contribution in [0.25, 0.3) is 22.3 Å². The summed E-state index contributed by atoms with van der Waals surface area (Å²) in [7, 11) is 0. The molecule has 0 fully saturated rings. The largest absolute Gasteiger partial charge is 0.394 e. The number of halogens is 1. The molecule has 0 bridgehead atoms. The first-order valence-corrected chi connectivity index (χ1v) is 9.37. The lowest BCUT2D eigenvalue weighted by molar-refractivity contribution is 0.0916. The summed E-state index contributed by atoms with van der Waals surface area (Å²) in [6, 6.07) is 12.0. The molecule has 29 heavy (non-hydrogen) atoms. The highest BCUT2D eigenvalue weighted by molar-refractivity contribution is 6.30. The Hall–Kier alpha value is -3.29. The van der Waals surface area contributed by atoms with Gasteiger partial charge in [0.2, 0.25) is 0 Å². The number of pyridine rings is 2. The van der Waals surface area contributed by atoms with E-state index in [9.17, 15) is 9.90 Å². The molecule has 7 nitrogen and oxygen atoms in total. The number of aryl methyl sites for hydroxylation is 1. The molecule has 0 spiro atoms. The molecular weight excluding hydrogens is 390 g/mol. The average molecular weight is 408 g/mol. The maximum Gasteiger partial charge on any atom is 0.253 e. The van der Waals surface area contributed by atoms with Gasteiger partial charge in [0.1, 0.15) is 5.69 Å². The normalized spacial score (nSPS) is 12.1. The summed E-state index contributed by atoms with van der Waals surface area (Å²) in [5.74, 6) is -0.350. The number of hydrogen-bond donors (Lipinski definition) is 3. The van der Waals surface area contributed by atoms with Crippen molar-refractivity contribution in [3.63, 3.8) is 0 Å². The quantitative estimate of drug-likeness (QED) is 0.470. The van der Waals surface area contributed by atoms with Crippen LogP contribution in [0, 0.1) is 6.92 Å². The van der Waals surface area contributed by atoms with Gasteiger partial charge in [0.25, 0.3) is 5.91 Å². The zero-order valence-electron chi connectivity index (χ0n) is 15.6. The number of aromatic nitrogens is 4. The SMILES string of the molecule is Cc1cc(-c2n[nH]c3ncc(C(=O)N[C@@H](CO)c4cccc(Cl)c4)cc23)ccn1. The van der Waals surface area contributed by atoms with E-state index in [2.05, 4.69) is 25.5 Å². The number of H-pyrrole nitrogens is 1. The predicted octanol–water partition coefficient (Wildman–Crippen LogP) is 3.45. The Bertz CT molecular complexity index is 1190. The Morgan fingerprint density at radius 2 is 2.10 bits per heavy atom. The molecule has 0 aliphatic carbocycles. The highest BCUT2D eigenvalue weighted by atomic mass is 35.5. The Morgan fingerprint density at radius 1 is 1.24 bits per heavy atom. The minimum absolute atomic E-state index is 0.255. The van der Waals surface area contributed by atoms with Crippen molar-refractivity contribution in [3.8, 4) is 11.3 Å². The van der Waals surface area contributed by atoms with Crippen molar-refractivity contribution in [2.24, 2.45) is 0 Å². The van der Waals surface area contributed by atoms with Crippen LogP contribution in [0.4, 0.5) is 0 Å². The molecule has 1 amide bonds. The first-order valence-electron chi connectivity index (χ1n) is 8.99. The first kappa shape index (κ1) is 19.0. The van der Waals surface area contributed by atoms with Crippen LogP contribution in [0.2, 0.25) is 5.02 Å². The van der Waals surface area contributed by atoms with Crippen LogP contribution in [-0.2, 0) is 0 Å². The second-order valence-electron chi connectivity index (χ2n) is 6.64. The molecule has 0 saturated heterocycles. The highest BCUT2D eigenvalue weighted by Crippen LogP contribution is 2.26. The molecule has 0 aliphatic heterocycles. The highest BCUT2D eigenvalue weighted by Gasteiger charge is 2.18. The number of amides is 1. The van der Waals surface area contributed by atoms with Crippen LogP contribution in [0.5, 0.6) is 0 Å². The van der Waals surface area contributed by atoms with E-state index in [1.807, 2.05) is 19.1 Å². The molecule has 3 heterocycles. The Morgan fingerprint density at radius 3 is 2.86 bits per heavy atom. The lowest BCUT2D eigenvalue weighted by atomic mass is 10.1. The summed E-state index contributed by atoms with van der Waals surface area (Å²) in [6.45, 7) is 1.65. The average Bonchev–Trinajstić information content (AvgIpc) is 3.15. The van der Waals surface area contributed by atoms with Crippen LogP contribution in [-0.4, -0.2) is 37.8 Å². The van der Waals surface area contributed by atoms with Crippen molar-refractivity contribution in [2.45, 2.75) is 13.0 Å². The van der Waals surface area contributed by atoms with Gasteiger partial charge in [-0.05, 0) is 42.8 Å². The van der Waals surface area contributed by atoms with Crippen molar-refractivity contribution >= 4 is 28.5 Å². The molecule has 1 aromatic carbocycles. The second-order valence-corrected chi connectivity index (χ2v) is 7.08. The number of carbonyl (C=O) groups is 1. The topological polar surface area (TPSA) is 104 Å². The van der Waals surface area contributed by atoms with Gasteiger partial charge >= 0.3 is 0 Å². The lowest BCUT2D eigenvalue weighted by Crippen LogP contribution is -2.30. The van der Waals surface area contributed by atoms with Gasteiger partial charge in [-0.3, -0.25) is 14.9 Å². The van der Waals surface area contributed by atoms with Gasteiger partial charge in [-0.2, -0.15) is 5.10 Å². The van der Waals surface area contributed by atoms with E-state index >= 15 is 0 Å². The van der Waals surface area contributed by atoms with Gasteiger partial charge < -0.3 is 10.4 Å². The number of nitrogens with zero attached hydrogens (tertiary/aromatic N) is 3. The van der Waals surface area contributed by atoms with Crippen molar-refractivity contribution in [1.82, 2.24) is 25.5 Å².